The molecule has 0 fully saturated rings. The summed E-state index contributed by atoms with van der Waals surface area (Å²) in [6.45, 7) is 0. The van der Waals surface area contributed by atoms with Crippen molar-refractivity contribution in [2.75, 3.05) is 7.11 Å². The van der Waals surface area contributed by atoms with Gasteiger partial charge < -0.3 is 9.84 Å². The highest BCUT2D eigenvalue weighted by atomic mass is 35.5. The lowest BCUT2D eigenvalue weighted by Crippen LogP contribution is -1.88. The molecule has 0 radical (unpaired) electrons. The molecule has 88 valence electrons. The Balaban J connectivity index is 2.46. The number of phenols is 1. The number of halogens is 2. The first-order valence-corrected chi connectivity index (χ1v) is 5.32. The molecule has 0 atom stereocenters. The predicted molar refractivity (Wildman–Crippen MR) is 65.1 cm³/mol. The Morgan fingerprint density at radius 2 is 1.76 bits per heavy atom. The molecule has 0 heterocycles. The summed E-state index contributed by atoms with van der Waals surface area (Å²) in [5, 5.41) is 9.75. The summed E-state index contributed by atoms with van der Waals surface area (Å²) >= 11 is 5.70. The van der Waals surface area contributed by atoms with Crippen molar-refractivity contribution in [3.8, 4) is 22.6 Å². The van der Waals surface area contributed by atoms with Gasteiger partial charge in [-0.05, 0) is 35.4 Å². The van der Waals surface area contributed by atoms with E-state index in [9.17, 15) is 9.50 Å². The van der Waals surface area contributed by atoms with Gasteiger partial charge in [0.2, 0.25) is 0 Å². The van der Waals surface area contributed by atoms with E-state index in [0.717, 1.165) is 0 Å². The van der Waals surface area contributed by atoms with Gasteiger partial charge in [-0.15, -0.1) is 0 Å². The molecule has 2 rings (SSSR count). The molecule has 0 aliphatic carbocycles. The van der Waals surface area contributed by atoms with Gasteiger partial charge >= 0.3 is 0 Å². The van der Waals surface area contributed by atoms with Gasteiger partial charge in [0.05, 0.1) is 12.1 Å². The van der Waals surface area contributed by atoms with Crippen molar-refractivity contribution in [3.05, 3.63) is 47.2 Å². The highest BCUT2D eigenvalue weighted by Gasteiger charge is 2.07. The lowest BCUT2D eigenvalue weighted by atomic mass is 10.1. The lowest BCUT2D eigenvalue weighted by molar-refractivity contribution is 0.386. The summed E-state index contributed by atoms with van der Waals surface area (Å²) in [5.74, 6) is -0.285. The first-order chi connectivity index (χ1) is 8.11. The zero-order valence-electron chi connectivity index (χ0n) is 9.08. The Labute approximate surface area is 103 Å². The van der Waals surface area contributed by atoms with E-state index in [-0.39, 0.29) is 16.5 Å². The van der Waals surface area contributed by atoms with Crippen LogP contribution in [-0.4, -0.2) is 12.2 Å². The van der Waals surface area contributed by atoms with Gasteiger partial charge in [-0.2, -0.15) is 0 Å². The summed E-state index contributed by atoms with van der Waals surface area (Å²) in [6, 6.07) is 9.36. The summed E-state index contributed by atoms with van der Waals surface area (Å²) in [6.07, 6.45) is 0. The van der Waals surface area contributed by atoms with E-state index < -0.39 is 5.82 Å². The van der Waals surface area contributed by atoms with Gasteiger partial charge in [-0.1, -0.05) is 23.7 Å². The van der Waals surface area contributed by atoms with Gasteiger partial charge in [-0.25, -0.2) is 4.39 Å². The van der Waals surface area contributed by atoms with Crippen LogP contribution in [0.25, 0.3) is 11.1 Å². The molecule has 0 saturated heterocycles. The van der Waals surface area contributed by atoms with Gasteiger partial charge in [0.1, 0.15) is 5.75 Å². The average Bonchev–Trinajstić information content (AvgIpc) is 2.32. The van der Waals surface area contributed by atoms with Gasteiger partial charge in [0.25, 0.3) is 0 Å². The molecule has 2 aromatic carbocycles. The molecule has 2 nitrogen and oxygen atoms in total. The molecule has 0 bridgehead atoms. The van der Waals surface area contributed by atoms with Crippen LogP contribution in [0, 0.1) is 5.82 Å². The van der Waals surface area contributed by atoms with Crippen LogP contribution < -0.4 is 4.74 Å². The third kappa shape index (κ3) is 2.34. The maximum atomic E-state index is 13.5. The number of aromatic hydroxyl groups is 1. The Hall–Kier alpha value is -1.74. The molecule has 0 saturated carbocycles. The minimum absolute atomic E-state index is 0.0274. The molecule has 17 heavy (non-hydrogen) atoms. The lowest BCUT2D eigenvalue weighted by Gasteiger charge is -2.06. The van der Waals surface area contributed by atoms with Gasteiger partial charge in [0.15, 0.2) is 11.6 Å². The van der Waals surface area contributed by atoms with Crippen molar-refractivity contribution in [1.82, 2.24) is 0 Å². The number of ether oxygens (including phenoxy) is 1. The van der Waals surface area contributed by atoms with Crippen molar-refractivity contribution in [1.29, 1.82) is 0 Å². The highest BCUT2D eigenvalue weighted by molar-refractivity contribution is 6.32. The van der Waals surface area contributed by atoms with E-state index >= 15 is 0 Å². The van der Waals surface area contributed by atoms with E-state index in [1.807, 2.05) is 0 Å². The third-order valence-electron chi connectivity index (χ3n) is 2.43. The number of phenolic OH excluding ortho intramolecular Hbond substituents is 1. The Kier molecular flexibility index (Phi) is 3.20. The Morgan fingerprint density at radius 1 is 1.12 bits per heavy atom. The summed E-state index contributed by atoms with van der Waals surface area (Å²) in [7, 11) is 1.41. The van der Waals surface area contributed by atoms with E-state index in [2.05, 4.69) is 0 Å². The average molecular weight is 253 g/mol. The standard InChI is InChI=1S/C13H10ClFO2/c1-17-13-5-3-8(6-11(13)15)9-2-4-10(14)12(16)7-9/h2-7,16H,1H3. The minimum Gasteiger partial charge on any atom is -0.506 e. The molecule has 0 amide bonds. The number of methoxy groups -OCH3 is 1. The molecule has 0 aromatic heterocycles. The van der Waals surface area contributed by atoms with Gasteiger partial charge in [-0.3, -0.25) is 0 Å². The largest absolute Gasteiger partial charge is 0.506 e. The zero-order valence-corrected chi connectivity index (χ0v) is 9.83. The smallest absolute Gasteiger partial charge is 0.165 e. The number of hydrogen-bond acceptors (Lipinski definition) is 2. The monoisotopic (exact) mass is 252 g/mol. The maximum Gasteiger partial charge on any atom is 0.165 e. The van der Waals surface area contributed by atoms with Gasteiger partial charge in [0, 0.05) is 0 Å². The van der Waals surface area contributed by atoms with Crippen LogP contribution in [0.3, 0.4) is 0 Å². The molecule has 0 aliphatic heterocycles. The van der Waals surface area contributed by atoms with Crippen molar-refractivity contribution in [2.24, 2.45) is 0 Å². The normalized spacial score (nSPS) is 10.3. The first-order valence-electron chi connectivity index (χ1n) is 4.94. The zero-order chi connectivity index (χ0) is 12.4. The Bertz CT molecular complexity index is 555. The van der Waals surface area contributed by atoms with Crippen molar-refractivity contribution < 1.29 is 14.2 Å². The quantitative estimate of drug-likeness (QED) is 0.879. The second kappa shape index (κ2) is 4.63. The molecule has 0 aliphatic rings. The SMILES string of the molecule is COc1ccc(-c2ccc(Cl)c(O)c2)cc1F. The molecule has 2 aromatic rings. The van der Waals surface area contributed by atoms with E-state index in [1.165, 1.54) is 25.3 Å². The van der Waals surface area contributed by atoms with Crippen molar-refractivity contribution in [2.45, 2.75) is 0 Å². The third-order valence-corrected chi connectivity index (χ3v) is 2.75. The first kappa shape index (κ1) is 11.7. The fraction of sp³-hybridized carbons (Fsp3) is 0.0769. The molecule has 1 N–H and O–H groups in total. The second-order valence-electron chi connectivity index (χ2n) is 3.52. The molecular formula is C13H10ClFO2. The van der Waals surface area contributed by atoms with Crippen LogP contribution >= 0.6 is 11.6 Å². The number of hydrogen-bond donors (Lipinski definition) is 1. The number of rotatable bonds is 2. The van der Waals surface area contributed by atoms with Crippen LogP contribution in [0.2, 0.25) is 5.02 Å². The fourth-order valence-corrected chi connectivity index (χ4v) is 1.66. The molecule has 0 unspecified atom stereocenters. The summed E-state index contributed by atoms with van der Waals surface area (Å²) < 4.78 is 18.3. The summed E-state index contributed by atoms with van der Waals surface area (Å²) in [5.41, 5.74) is 1.34. The van der Waals surface area contributed by atoms with Crippen molar-refractivity contribution >= 4 is 11.6 Å². The molecule has 0 spiro atoms. The fourth-order valence-electron chi connectivity index (χ4n) is 1.54. The van der Waals surface area contributed by atoms with Crippen molar-refractivity contribution in [3.63, 3.8) is 0 Å². The van der Waals surface area contributed by atoms with Crippen LogP contribution in [0.15, 0.2) is 36.4 Å². The van der Waals surface area contributed by atoms with Crippen LogP contribution in [-0.2, 0) is 0 Å². The van der Waals surface area contributed by atoms with Crippen LogP contribution in [0.1, 0.15) is 0 Å². The van der Waals surface area contributed by atoms with Crippen LogP contribution in [0.4, 0.5) is 4.39 Å². The maximum absolute atomic E-state index is 13.5. The van der Waals surface area contributed by atoms with Crippen LogP contribution in [0.5, 0.6) is 11.5 Å². The second-order valence-corrected chi connectivity index (χ2v) is 3.92. The molecule has 4 heteroatoms. The minimum atomic E-state index is -0.445. The van der Waals surface area contributed by atoms with E-state index in [0.29, 0.717) is 11.1 Å². The molecular weight excluding hydrogens is 243 g/mol. The highest BCUT2D eigenvalue weighted by Crippen LogP contribution is 2.31. The topological polar surface area (TPSA) is 29.5 Å². The predicted octanol–water partition coefficient (Wildman–Crippen LogP) is 3.86. The summed E-state index contributed by atoms with van der Waals surface area (Å²) in [4.78, 5) is 0. The van der Waals surface area contributed by atoms with E-state index in [4.69, 9.17) is 16.3 Å². The number of benzene rings is 2. The Morgan fingerprint density at radius 3 is 2.35 bits per heavy atom. The van der Waals surface area contributed by atoms with E-state index in [1.54, 1.807) is 18.2 Å².